The fourth-order valence-electron chi connectivity index (χ4n) is 3.70. The van der Waals surface area contributed by atoms with Crippen LogP contribution in [0.2, 0.25) is 0 Å². The summed E-state index contributed by atoms with van der Waals surface area (Å²) in [6, 6.07) is 13.4. The zero-order chi connectivity index (χ0) is 24.6. The van der Waals surface area contributed by atoms with Gasteiger partial charge >= 0.3 is 5.97 Å². The van der Waals surface area contributed by atoms with Gasteiger partial charge in [-0.2, -0.15) is 0 Å². The van der Waals surface area contributed by atoms with E-state index in [1.54, 1.807) is 48.5 Å². The van der Waals surface area contributed by atoms with E-state index in [0.717, 1.165) is 31.4 Å². The third-order valence-electron chi connectivity index (χ3n) is 5.81. The normalized spacial score (nSPS) is 11.7. The second-order valence-electron chi connectivity index (χ2n) is 8.83. The van der Waals surface area contributed by atoms with Gasteiger partial charge in [-0.15, -0.1) is 0 Å². The molecule has 0 amide bonds. The van der Waals surface area contributed by atoms with E-state index < -0.39 is 12.1 Å². The van der Waals surface area contributed by atoms with Gasteiger partial charge in [-0.05, 0) is 61.4 Å². The molecule has 0 fully saturated rings. The van der Waals surface area contributed by atoms with Crippen LogP contribution in [0.4, 0.5) is 0 Å². The van der Waals surface area contributed by atoms with Crippen LogP contribution in [0.1, 0.15) is 105 Å². The van der Waals surface area contributed by atoms with Gasteiger partial charge in [0.25, 0.3) is 0 Å². The maximum atomic E-state index is 12.4. The molecule has 0 aliphatic carbocycles. The summed E-state index contributed by atoms with van der Waals surface area (Å²) in [6.45, 7) is 5.00. The average Bonchev–Trinajstić information content (AvgIpc) is 2.84. The Labute approximate surface area is 204 Å². The van der Waals surface area contributed by atoms with Gasteiger partial charge in [-0.1, -0.05) is 65.2 Å². The minimum atomic E-state index is -0.616. The smallest absolute Gasteiger partial charge is 0.343 e. The SMILES string of the molecule is CCCCCCCCOc1ccc(C(=O)Oc2ccc(C(=O)CC(O)CCCCC)cc2)cc1. The lowest BCUT2D eigenvalue weighted by atomic mass is 10.0. The molecule has 2 aromatic carbocycles. The average molecular weight is 469 g/mol. The third kappa shape index (κ3) is 10.5. The summed E-state index contributed by atoms with van der Waals surface area (Å²) < 4.78 is 11.2. The third-order valence-corrected chi connectivity index (χ3v) is 5.81. The highest BCUT2D eigenvalue weighted by Crippen LogP contribution is 2.19. The van der Waals surface area contributed by atoms with Crippen molar-refractivity contribution < 1.29 is 24.2 Å². The number of carbonyl (C=O) groups is 2. The van der Waals surface area contributed by atoms with Gasteiger partial charge in [0, 0.05) is 12.0 Å². The summed E-state index contributed by atoms with van der Waals surface area (Å²) in [5.74, 6) is 0.532. The Morgan fingerprint density at radius 2 is 1.29 bits per heavy atom. The van der Waals surface area contributed by atoms with Crippen molar-refractivity contribution in [3.63, 3.8) is 0 Å². The molecular weight excluding hydrogens is 428 g/mol. The predicted molar refractivity (Wildman–Crippen MR) is 136 cm³/mol. The standard InChI is InChI=1S/C29H40O5/c1-3-5-7-8-9-11-21-33-26-17-15-24(16-18-26)29(32)34-27-19-13-23(14-20-27)28(31)22-25(30)12-10-6-4-2/h13-20,25,30H,3-12,21-22H2,1-2H3. The predicted octanol–water partition coefficient (Wildman–Crippen LogP) is 7.16. The first-order chi connectivity index (χ1) is 16.5. The molecule has 0 aliphatic heterocycles. The highest BCUT2D eigenvalue weighted by atomic mass is 16.5. The first-order valence-electron chi connectivity index (χ1n) is 12.8. The van der Waals surface area contributed by atoms with Crippen LogP contribution in [0.15, 0.2) is 48.5 Å². The second kappa shape index (κ2) is 16.0. The Morgan fingerprint density at radius 3 is 1.97 bits per heavy atom. The van der Waals surface area contributed by atoms with Gasteiger partial charge in [-0.25, -0.2) is 4.79 Å². The molecule has 0 bridgehead atoms. The molecule has 0 saturated carbocycles. The molecule has 34 heavy (non-hydrogen) atoms. The molecule has 0 saturated heterocycles. The molecule has 2 aromatic rings. The lowest BCUT2D eigenvalue weighted by Crippen LogP contribution is -2.13. The van der Waals surface area contributed by atoms with Crippen LogP contribution in [0, 0.1) is 0 Å². The summed E-state index contributed by atoms with van der Waals surface area (Å²) in [4.78, 5) is 24.8. The lowest BCUT2D eigenvalue weighted by molar-refractivity contribution is 0.0734. The van der Waals surface area contributed by atoms with Gasteiger partial charge in [0.2, 0.25) is 0 Å². The number of hydrogen-bond donors (Lipinski definition) is 1. The maximum absolute atomic E-state index is 12.4. The summed E-state index contributed by atoms with van der Waals surface area (Å²) in [6.07, 6.45) is 10.5. The number of benzene rings is 2. The number of aliphatic hydroxyl groups excluding tert-OH is 1. The second-order valence-corrected chi connectivity index (χ2v) is 8.83. The minimum Gasteiger partial charge on any atom is -0.494 e. The van der Waals surface area contributed by atoms with E-state index in [1.165, 1.54) is 32.1 Å². The summed E-state index contributed by atoms with van der Waals surface area (Å²) >= 11 is 0. The van der Waals surface area contributed by atoms with Gasteiger partial charge in [0.15, 0.2) is 5.78 Å². The van der Waals surface area contributed by atoms with Gasteiger partial charge < -0.3 is 14.6 Å². The highest BCUT2D eigenvalue weighted by molar-refractivity contribution is 5.96. The van der Waals surface area contributed by atoms with Crippen molar-refractivity contribution in [3.05, 3.63) is 59.7 Å². The van der Waals surface area contributed by atoms with Crippen LogP contribution in [0.25, 0.3) is 0 Å². The molecule has 1 atom stereocenters. The molecule has 5 nitrogen and oxygen atoms in total. The van der Waals surface area contributed by atoms with Crippen LogP contribution in [0.3, 0.4) is 0 Å². The molecule has 0 aliphatic rings. The molecule has 0 heterocycles. The van der Waals surface area contributed by atoms with Crippen molar-refractivity contribution in [2.45, 2.75) is 90.6 Å². The van der Waals surface area contributed by atoms with Gasteiger partial charge in [-0.3, -0.25) is 4.79 Å². The first kappa shape index (κ1) is 27.6. The molecule has 0 radical (unpaired) electrons. The molecule has 1 unspecified atom stereocenters. The van der Waals surface area contributed by atoms with Crippen LogP contribution < -0.4 is 9.47 Å². The van der Waals surface area contributed by atoms with E-state index in [2.05, 4.69) is 13.8 Å². The number of esters is 1. The Balaban J connectivity index is 1.76. The monoisotopic (exact) mass is 468 g/mol. The van der Waals surface area contributed by atoms with E-state index in [1.807, 2.05) is 0 Å². The number of ether oxygens (including phenoxy) is 2. The number of unbranched alkanes of at least 4 members (excludes halogenated alkanes) is 7. The fourth-order valence-corrected chi connectivity index (χ4v) is 3.70. The first-order valence-corrected chi connectivity index (χ1v) is 12.8. The number of Topliss-reactive ketones (excluding diaryl/α,β-unsaturated/α-hetero) is 1. The van der Waals surface area contributed by atoms with E-state index in [0.29, 0.717) is 29.9 Å². The molecule has 0 spiro atoms. The van der Waals surface area contributed by atoms with Crippen molar-refractivity contribution >= 4 is 11.8 Å². The van der Waals surface area contributed by atoms with Crippen molar-refractivity contribution in [2.75, 3.05) is 6.61 Å². The van der Waals surface area contributed by atoms with Crippen LogP contribution in [0.5, 0.6) is 11.5 Å². The zero-order valence-electron chi connectivity index (χ0n) is 20.8. The Morgan fingerprint density at radius 1 is 0.735 bits per heavy atom. The van der Waals surface area contributed by atoms with E-state index >= 15 is 0 Å². The lowest BCUT2D eigenvalue weighted by Gasteiger charge is -2.10. The fraction of sp³-hybridized carbons (Fsp3) is 0.517. The topological polar surface area (TPSA) is 72.8 Å². The summed E-state index contributed by atoms with van der Waals surface area (Å²) in [5.41, 5.74) is 0.934. The highest BCUT2D eigenvalue weighted by Gasteiger charge is 2.14. The van der Waals surface area contributed by atoms with Gasteiger partial charge in [0.05, 0.1) is 18.3 Å². The number of carbonyl (C=O) groups excluding carboxylic acids is 2. The Hall–Kier alpha value is -2.66. The molecule has 5 heteroatoms. The minimum absolute atomic E-state index is 0.107. The van der Waals surface area contributed by atoms with E-state index in [9.17, 15) is 14.7 Å². The number of rotatable bonds is 17. The van der Waals surface area contributed by atoms with Crippen LogP contribution in [-0.4, -0.2) is 29.6 Å². The molecule has 2 rings (SSSR count). The Kier molecular flexibility index (Phi) is 13.0. The van der Waals surface area contributed by atoms with Crippen molar-refractivity contribution in [1.82, 2.24) is 0 Å². The number of ketones is 1. The van der Waals surface area contributed by atoms with Crippen molar-refractivity contribution in [2.24, 2.45) is 0 Å². The van der Waals surface area contributed by atoms with E-state index in [-0.39, 0.29) is 12.2 Å². The molecule has 0 aromatic heterocycles. The molecule has 1 N–H and O–H groups in total. The Bertz CT molecular complexity index is 842. The molecular formula is C29H40O5. The van der Waals surface area contributed by atoms with Crippen LogP contribution in [-0.2, 0) is 0 Å². The summed E-state index contributed by atoms with van der Waals surface area (Å²) in [5, 5.41) is 10.0. The number of aliphatic hydroxyl groups is 1. The van der Waals surface area contributed by atoms with E-state index in [4.69, 9.17) is 9.47 Å². The number of hydrogen-bond acceptors (Lipinski definition) is 5. The van der Waals surface area contributed by atoms with Crippen molar-refractivity contribution in [3.8, 4) is 11.5 Å². The molecule has 186 valence electrons. The maximum Gasteiger partial charge on any atom is 0.343 e. The van der Waals surface area contributed by atoms with Crippen molar-refractivity contribution in [1.29, 1.82) is 0 Å². The van der Waals surface area contributed by atoms with Crippen LogP contribution >= 0.6 is 0 Å². The quantitative estimate of drug-likeness (QED) is 0.115. The largest absolute Gasteiger partial charge is 0.494 e. The summed E-state index contributed by atoms with van der Waals surface area (Å²) in [7, 11) is 0. The zero-order valence-corrected chi connectivity index (χ0v) is 20.8. The van der Waals surface area contributed by atoms with Gasteiger partial charge in [0.1, 0.15) is 11.5 Å².